The minimum atomic E-state index is -4.84. The van der Waals surface area contributed by atoms with E-state index in [0.29, 0.717) is 11.3 Å². The van der Waals surface area contributed by atoms with E-state index >= 15 is 0 Å². The van der Waals surface area contributed by atoms with E-state index in [-0.39, 0.29) is 18.5 Å². The van der Waals surface area contributed by atoms with E-state index in [9.17, 15) is 27.6 Å². The summed E-state index contributed by atoms with van der Waals surface area (Å²) in [6.45, 7) is 0. The van der Waals surface area contributed by atoms with Gasteiger partial charge in [-0.1, -0.05) is 18.2 Å². The maximum Gasteiger partial charge on any atom is 0.573 e. The molecule has 1 aliphatic rings. The van der Waals surface area contributed by atoms with Crippen LogP contribution in [0.1, 0.15) is 23.2 Å². The minimum absolute atomic E-state index is 0.0101. The van der Waals surface area contributed by atoms with Crippen LogP contribution in [0.4, 0.5) is 24.5 Å². The number of benzene rings is 2. The van der Waals surface area contributed by atoms with Gasteiger partial charge in [0.2, 0.25) is 11.8 Å². The van der Waals surface area contributed by atoms with Crippen molar-refractivity contribution in [3.05, 3.63) is 54.1 Å². The molecule has 1 aliphatic heterocycles. The second-order valence-corrected chi connectivity index (χ2v) is 6.22. The third-order valence-corrected chi connectivity index (χ3v) is 4.06. The molecule has 10 heteroatoms. The van der Waals surface area contributed by atoms with Gasteiger partial charge >= 0.3 is 6.36 Å². The maximum atomic E-state index is 12.3. The Morgan fingerprint density at radius 2 is 1.86 bits per heavy atom. The predicted molar refractivity (Wildman–Crippen MR) is 97.3 cm³/mol. The third kappa shape index (κ3) is 5.47. The molecule has 2 aromatic carbocycles. The van der Waals surface area contributed by atoms with Crippen molar-refractivity contribution in [2.75, 3.05) is 10.6 Å². The molecule has 29 heavy (non-hydrogen) atoms. The van der Waals surface area contributed by atoms with Gasteiger partial charge in [0.15, 0.2) is 0 Å². The molecule has 0 aliphatic carbocycles. The van der Waals surface area contributed by atoms with Gasteiger partial charge in [-0.15, -0.1) is 13.2 Å². The molecular formula is C19H16F3N3O4. The molecule has 0 aromatic heterocycles. The van der Waals surface area contributed by atoms with Crippen molar-refractivity contribution >= 4 is 29.1 Å². The molecule has 0 saturated heterocycles. The number of anilines is 2. The number of carbonyl (C=O) groups is 3. The van der Waals surface area contributed by atoms with Crippen LogP contribution in [0.3, 0.4) is 0 Å². The van der Waals surface area contributed by atoms with Crippen LogP contribution < -0.4 is 20.7 Å². The van der Waals surface area contributed by atoms with Crippen molar-refractivity contribution < 1.29 is 32.3 Å². The Kier molecular flexibility index (Phi) is 5.71. The summed E-state index contributed by atoms with van der Waals surface area (Å²) < 4.78 is 40.6. The van der Waals surface area contributed by atoms with E-state index in [4.69, 9.17) is 0 Å². The summed E-state index contributed by atoms with van der Waals surface area (Å²) in [4.78, 5) is 36.7. The van der Waals surface area contributed by atoms with Crippen molar-refractivity contribution in [2.45, 2.75) is 25.2 Å². The third-order valence-electron chi connectivity index (χ3n) is 4.06. The highest BCUT2D eigenvalue weighted by atomic mass is 19.4. The Bertz CT molecular complexity index is 946. The van der Waals surface area contributed by atoms with Gasteiger partial charge in [0.25, 0.3) is 5.91 Å². The van der Waals surface area contributed by atoms with Gasteiger partial charge in [0.1, 0.15) is 11.8 Å². The number of hydrogen-bond donors (Lipinski definition) is 3. The van der Waals surface area contributed by atoms with Crippen molar-refractivity contribution in [3.8, 4) is 5.75 Å². The molecule has 3 N–H and O–H groups in total. The van der Waals surface area contributed by atoms with Gasteiger partial charge in [-0.3, -0.25) is 14.4 Å². The SMILES string of the molecule is O=C(CC[C@@H]1NC(=O)c2ccccc2NC1=O)Nc1cccc(OC(F)(F)F)c1. The van der Waals surface area contributed by atoms with E-state index in [1.54, 1.807) is 24.3 Å². The van der Waals surface area contributed by atoms with Crippen LogP contribution in [0.5, 0.6) is 5.75 Å². The van der Waals surface area contributed by atoms with Crippen LogP contribution >= 0.6 is 0 Å². The van der Waals surface area contributed by atoms with E-state index in [1.165, 1.54) is 12.1 Å². The summed E-state index contributed by atoms with van der Waals surface area (Å²) in [6.07, 6.45) is -4.97. The molecular weight excluding hydrogens is 391 g/mol. The van der Waals surface area contributed by atoms with Crippen LogP contribution in [-0.4, -0.2) is 30.1 Å². The fourth-order valence-corrected chi connectivity index (χ4v) is 2.78. The van der Waals surface area contributed by atoms with Gasteiger partial charge < -0.3 is 20.7 Å². The first-order chi connectivity index (χ1) is 13.7. The quantitative estimate of drug-likeness (QED) is 0.710. The summed E-state index contributed by atoms with van der Waals surface area (Å²) in [6, 6.07) is 10.4. The van der Waals surface area contributed by atoms with Crippen LogP contribution in [-0.2, 0) is 9.59 Å². The molecule has 0 spiro atoms. The number of carbonyl (C=O) groups excluding carboxylic acids is 3. The van der Waals surface area contributed by atoms with Gasteiger partial charge in [0.05, 0.1) is 11.3 Å². The van der Waals surface area contributed by atoms with Crippen LogP contribution in [0.2, 0.25) is 0 Å². The Hall–Kier alpha value is -3.56. The van der Waals surface area contributed by atoms with Gasteiger partial charge in [-0.2, -0.15) is 0 Å². The van der Waals surface area contributed by atoms with Crippen molar-refractivity contribution in [1.29, 1.82) is 0 Å². The number of rotatable bonds is 5. The number of para-hydroxylation sites is 1. The van der Waals surface area contributed by atoms with Crippen molar-refractivity contribution in [3.63, 3.8) is 0 Å². The topological polar surface area (TPSA) is 96.5 Å². The number of halogens is 3. The number of nitrogens with one attached hydrogen (secondary N) is 3. The zero-order valence-corrected chi connectivity index (χ0v) is 14.9. The molecule has 7 nitrogen and oxygen atoms in total. The van der Waals surface area contributed by atoms with Gasteiger partial charge in [0, 0.05) is 18.2 Å². The zero-order chi connectivity index (χ0) is 21.0. The molecule has 3 rings (SSSR count). The fourth-order valence-electron chi connectivity index (χ4n) is 2.78. The van der Waals surface area contributed by atoms with Crippen LogP contribution in [0, 0.1) is 0 Å². The Labute approximate surface area is 163 Å². The summed E-state index contributed by atoms with van der Waals surface area (Å²) in [5.41, 5.74) is 0.802. The lowest BCUT2D eigenvalue weighted by Gasteiger charge is -2.14. The van der Waals surface area contributed by atoms with Crippen LogP contribution in [0.15, 0.2) is 48.5 Å². The van der Waals surface area contributed by atoms with E-state index < -0.39 is 35.9 Å². The smallest absolute Gasteiger partial charge is 0.406 e. The average Bonchev–Trinajstić information content (AvgIpc) is 2.75. The Morgan fingerprint density at radius 1 is 1.10 bits per heavy atom. The molecule has 1 atom stereocenters. The summed E-state index contributed by atoms with van der Waals surface area (Å²) in [7, 11) is 0. The summed E-state index contributed by atoms with van der Waals surface area (Å²) >= 11 is 0. The predicted octanol–water partition coefficient (Wildman–Crippen LogP) is 3.05. The first-order valence-corrected chi connectivity index (χ1v) is 8.58. The van der Waals surface area contributed by atoms with E-state index in [2.05, 4.69) is 20.7 Å². The Balaban J connectivity index is 1.58. The highest BCUT2D eigenvalue weighted by Gasteiger charge is 2.31. The molecule has 0 radical (unpaired) electrons. The highest BCUT2D eigenvalue weighted by molar-refractivity contribution is 6.09. The van der Waals surface area contributed by atoms with Gasteiger partial charge in [-0.25, -0.2) is 0 Å². The second kappa shape index (κ2) is 8.21. The van der Waals surface area contributed by atoms with E-state index in [1.807, 2.05) is 0 Å². The molecule has 3 amide bonds. The summed E-state index contributed by atoms with van der Waals surface area (Å²) in [5.74, 6) is -1.90. The summed E-state index contributed by atoms with van der Waals surface area (Å²) in [5, 5.41) is 7.63. The number of alkyl halides is 3. The largest absolute Gasteiger partial charge is 0.573 e. The molecule has 0 bridgehead atoms. The number of fused-ring (bicyclic) bond motifs is 1. The molecule has 152 valence electrons. The number of amides is 3. The fraction of sp³-hybridized carbons (Fsp3) is 0.211. The van der Waals surface area contributed by atoms with Gasteiger partial charge in [-0.05, 0) is 30.7 Å². The molecule has 2 aromatic rings. The van der Waals surface area contributed by atoms with Crippen LogP contribution in [0.25, 0.3) is 0 Å². The second-order valence-electron chi connectivity index (χ2n) is 6.22. The maximum absolute atomic E-state index is 12.3. The first kappa shape index (κ1) is 20.2. The lowest BCUT2D eigenvalue weighted by molar-refractivity contribution is -0.274. The van der Waals surface area contributed by atoms with Crippen molar-refractivity contribution in [2.24, 2.45) is 0 Å². The number of hydrogen-bond acceptors (Lipinski definition) is 4. The molecule has 1 heterocycles. The van der Waals surface area contributed by atoms with Crippen molar-refractivity contribution in [1.82, 2.24) is 5.32 Å². The normalized spacial score (nSPS) is 16.2. The lowest BCUT2D eigenvalue weighted by Crippen LogP contribution is -2.41. The first-order valence-electron chi connectivity index (χ1n) is 8.58. The molecule has 0 unspecified atom stereocenters. The monoisotopic (exact) mass is 407 g/mol. The number of ether oxygens (including phenoxy) is 1. The highest BCUT2D eigenvalue weighted by Crippen LogP contribution is 2.25. The molecule has 0 saturated carbocycles. The van der Waals surface area contributed by atoms with E-state index in [0.717, 1.165) is 12.1 Å². The minimum Gasteiger partial charge on any atom is -0.406 e. The standard InChI is InChI=1S/C19H16F3N3O4/c20-19(21,22)29-12-5-3-4-11(10-12)23-16(26)9-8-15-18(28)24-14-7-2-1-6-13(14)17(27)25-15/h1-7,10,15H,8-9H2,(H,23,26)(H,24,28)(H,25,27)/t15-/m0/s1. The molecule has 0 fully saturated rings. The lowest BCUT2D eigenvalue weighted by atomic mass is 10.1. The zero-order valence-electron chi connectivity index (χ0n) is 14.9. The average molecular weight is 407 g/mol. The Morgan fingerprint density at radius 3 is 2.62 bits per heavy atom.